The van der Waals surface area contributed by atoms with E-state index in [1.165, 1.54) is 24.3 Å². The third-order valence-electron chi connectivity index (χ3n) is 2.91. The molecule has 25 heavy (non-hydrogen) atoms. The van der Waals surface area contributed by atoms with Gasteiger partial charge in [0, 0.05) is 6.07 Å². The minimum Gasteiger partial charge on any atom is -0.508 e. The molecule has 0 aliphatic carbocycles. The maximum atomic E-state index is 12.3. The molecule has 1 amide bonds. The summed E-state index contributed by atoms with van der Waals surface area (Å²) in [6.07, 6.45) is 0. The van der Waals surface area contributed by atoms with E-state index in [2.05, 4.69) is 10.1 Å². The van der Waals surface area contributed by atoms with Crippen molar-refractivity contribution in [3.05, 3.63) is 48.0 Å². The van der Waals surface area contributed by atoms with Gasteiger partial charge in [0.15, 0.2) is 6.61 Å². The van der Waals surface area contributed by atoms with Crippen LogP contribution < -0.4 is 10.1 Å². The molecule has 2 rings (SSSR count). The average molecular weight is 353 g/mol. The second-order valence-electron chi connectivity index (χ2n) is 4.70. The Kier molecular flexibility index (Phi) is 5.72. The lowest BCUT2D eigenvalue weighted by molar-refractivity contribution is -0.119. The van der Waals surface area contributed by atoms with Crippen LogP contribution >= 0.6 is 0 Å². The molecule has 3 N–H and O–H groups in total. The van der Waals surface area contributed by atoms with E-state index < -0.39 is 30.8 Å². The number of alkyl halides is 2. The lowest BCUT2D eigenvalue weighted by atomic mass is 10.2. The molecule has 0 saturated carbocycles. The number of phenolic OH excluding ortho intramolecular Hbond substituents is 2. The van der Waals surface area contributed by atoms with E-state index in [1.54, 1.807) is 0 Å². The molecule has 0 aliphatic rings. The van der Waals surface area contributed by atoms with Crippen LogP contribution in [0.15, 0.2) is 42.5 Å². The number of rotatable bonds is 6. The minimum atomic E-state index is -3.06. The summed E-state index contributed by atoms with van der Waals surface area (Å²) in [5.41, 5.74) is -0.261. The van der Waals surface area contributed by atoms with Crippen molar-refractivity contribution in [3.63, 3.8) is 0 Å². The number of esters is 1. The SMILES string of the molecule is O=C(COC(=O)c1ccc(O)cc1O)Nc1ccccc1OC(F)F. The molecule has 0 radical (unpaired) electrons. The van der Waals surface area contributed by atoms with Crippen LogP contribution in [0.3, 0.4) is 0 Å². The highest BCUT2D eigenvalue weighted by Gasteiger charge is 2.16. The minimum absolute atomic E-state index is 0.0173. The first-order valence-corrected chi connectivity index (χ1v) is 6.89. The Morgan fingerprint density at radius 1 is 1.12 bits per heavy atom. The van der Waals surface area contributed by atoms with Gasteiger partial charge in [-0.15, -0.1) is 0 Å². The zero-order chi connectivity index (χ0) is 18.4. The Labute approximate surface area is 140 Å². The predicted octanol–water partition coefficient (Wildman–Crippen LogP) is 2.49. The summed E-state index contributed by atoms with van der Waals surface area (Å²) in [4.78, 5) is 23.6. The van der Waals surface area contributed by atoms with Crippen molar-refractivity contribution >= 4 is 17.6 Å². The van der Waals surface area contributed by atoms with Gasteiger partial charge in [-0.3, -0.25) is 4.79 Å². The molecule has 0 fully saturated rings. The molecule has 0 saturated heterocycles. The number of anilines is 1. The molecule has 0 spiro atoms. The van der Waals surface area contributed by atoms with E-state index in [0.717, 1.165) is 18.2 Å². The van der Waals surface area contributed by atoms with Gasteiger partial charge in [-0.25, -0.2) is 4.79 Å². The molecule has 0 heterocycles. The van der Waals surface area contributed by atoms with Gasteiger partial charge in [0.2, 0.25) is 0 Å². The van der Waals surface area contributed by atoms with Crippen molar-refractivity contribution in [3.8, 4) is 17.2 Å². The number of hydrogen-bond acceptors (Lipinski definition) is 6. The van der Waals surface area contributed by atoms with Gasteiger partial charge in [-0.1, -0.05) is 12.1 Å². The molecular weight excluding hydrogens is 340 g/mol. The van der Waals surface area contributed by atoms with Crippen LogP contribution in [0.25, 0.3) is 0 Å². The maximum absolute atomic E-state index is 12.3. The third kappa shape index (κ3) is 5.06. The molecule has 0 atom stereocenters. The molecule has 0 unspecified atom stereocenters. The van der Waals surface area contributed by atoms with Crippen molar-refractivity contribution in [1.29, 1.82) is 0 Å². The first-order valence-electron chi connectivity index (χ1n) is 6.89. The van der Waals surface area contributed by atoms with Crippen LogP contribution in [-0.4, -0.2) is 35.3 Å². The van der Waals surface area contributed by atoms with Crippen LogP contribution in [0.5, 0.6) is 17.2 Å². The monoisotopic (exact) mass is 353 g/mol. The zero-order valence-corrected chi connectivity index (χ0v) is 12.6. The fraction of sp³-hybridized carbons (Fsp3) is 0.125. The van der Waals surface area contributed by atoms with Gasteiger partial charge >= 0.3 is 12.6 Å². The third-order valence-corrected chi connectivity index (χ3v) is 2.91. The molecule has 7 nitrogen and oxygen atoms in total. The normalized spacial score (nSPS) is 10.4. The smallest absolute Gasteiger partial charge is 0.387 e. The molecule has 0 bridgehead atoms. The highest BCUT2D eigenvalue weighted by Crippen LogP contribution is 2.26. The second kappa shape index (κ2) is 7.95. The zero-order valence-electron chi connectivity index (χ0n) is 12.6. The summed E-state index contributed by atoms with van der Waals surface area (Å²) in [6, 6.07) is 8.74. The van der Waals surface area contributed by atoms with Crippen LogP contribution in [-0.2, 0) is 9.53 Å². The number of ether oxygens (including phenoxy) is 2. The fourth-order valence-electron chi connectivity index (χ4n) is 1.86. The van der Waals surface area contributed by atoms with Crippen LogP contribution in [0, 0.1) is 0 Å². The van der Waals surface area contributed by atoms with Crippen molar-refractivity contribution < 1.29 is 38.1 Å². The molecule has 0 aliphatic heterocycles. The Bertz CT molecular complexity index is 781. The van der Waals surface area contributed by atoms with Crippen molar-refractivity contribution in [1.82, 2.24) is 0 Å². The molecular formula is C16H13F2NO6. The number of halogens is 2. The van der Waals surface area contributed by atoms with Crippen LogP contribution in [0.4, 0.5) is 14.5 Å². The van der Waals surface area contributed by atoms with Crippen molar-refractivity contribution in [2.24, 2.45) is 0 Å². The number of amides is 1. The number of phenols is 2. The van der Waals surface area contributed by atoms with Gasteiger partial charge in [-0.2, -0.15) is 8.78 Å². The average Bonchev–Trinajstić information content (AvgIpc) is 2.54. The Hall–Kier alpha value is -3.36. The number of para-hydroxylation sites is 2. The Balaban J connectivity index is 1.96. The molecule has 132 valence electrons. The first kappa shape index (κ1) is 18.0. The van der Waals surface area contributed by atoms with Crippen LogP contribution in [0.1, 0.15) is 10.4 Å². The fourth-order valence-corrected chi connectivity index (χ4v) is 1.86. The first-order chi connectivity index (χ1) is 11.9. The summed E-state index contributed by atoms with van der Waals surface area (Å²) < 4.78 is 33.6. The Morgan fingerprint density at radius 2 is 1.84 bits per heavy atom. The number of nitrogens with one attached hydrogen (secondary N) is 1. The number of benzene rings is 2. The highest BCUT2D eigenvalue weighted by atomic mass is 19.3. The van der Waals surface area contributed by atoms with Gasteiger partial charge in [0.05, 0.1) is 5.69 Å². The van der Waals surface area contributed by atoms with E-state index >= 15 is 0 Å². The van der Waals surface area contributed by atoms with Crippen molar-refractivity contribution in [2.45, 2.75) is 6.61 Å². The van der Waals surface area contributed by atoms with Crippen molar-refractivity contribution in [2.75, 3.05) is 11.9 Å². The van der Waals surface area contributed by atoms with E-state index in [4.69, 9.17) is 9.84 Å². The summed E-state index contributed by atoms with van der Waals surface area (Å²) in [5, 5.41) is 21.0. The highest BCUT2D eigenvalue weighted by molar-refractivity contribution is 5.97. The largest absolute Gasteiger partial charge is 0.508 e. The number of hydrogen-bond donors (Lipinski definition) is 3. The van der Waals surface area contributed by atoms with E-state index in [1.807, 2.05) is 0 Å². The molecule has 2 aromatic carbocycles. The number of aromatic hydroxyl groups is 2. The van der Waals surface area contributed by atoms with Gasteiger partial charge < -0.3 is 25.0 Å². The summed E-state index contributed by atoms with van der Waals surface area (Å²) in [6.45, 7) is -3.78. The van der Waals surface area contributed by atoms with Gasteiger partial charge in [0.25, 0.3) is 5.91 Å². The standard InChI is InChI=1S/C16H13F2NO6/c17-16(18)25-13-4-2-1-3-11(13)19-14(22)8-24-15(23)10-6-5-9(20)7-12(10)21/h1-7,16,20-21H,8H2,(H,19,22). The lowest BCUT2D eigenvalue weighted by Gasteiger charge is -2.12. The second-order valence-corrected chi connectivity index (χ2v) is 4.70. The number of carbonyl (C=O) groups excluding carboxylic acids is 2. The summed E-state index contributed by atoms with van der Waals surface area (Å²) >= 11 is 0. The molecule has 9 heteroatoms. The molecule has 0 aromatic heterocycles. The van der Waals surface area contributed by atoms with E-state index in [-0.39, 0.29) is 22.7 Å². The topological polar surface area (TPSA) is 105 Å². The van der Waals surface area contributed by atoms with Crippen LogP contribution in [0.2, 0.25) is 0 Å². The Morgan fingerprint density at radius 3 is 2.52 bits per heavy atom. The van der Waals surface area contributed by atoms with Gasteiger partial charge in [0.1, 0.15) is 22.8 Å². The maximum Gasteiger partial charge on any atom is 0.387 e. The quantitative estimate of drug-likeness (QED) is 0.689. The van der Waals surface area contributed by atoms with E-state index in [0.29, 0.717) is 0 Å². The summed E-state index contributed by atoms with van der Waals surface area (Å²) in [7, 11) is 0. The predicted molar refractivity (Wildman–Crippen MR) is 81.8 cm³/mol. The molecule has 2 aromatic rings. The lowest BCUT2D eigenvalue weighted by Crippen LogP contribution is -2.21. The number of carbonyl (C=O) groups is 2. The summed E-state index contributed by atoms with van der Waals surface area (Å²) in [5.74, 6) is -2.79. The van der Waals surface area contributed by atoms with E-state index in [9.17, 15) is 23.5 Å². The van der Waals surface area contributed by atoms with Gasteiger partial charge in [-0.05, 0) is 24.3 Å².